The molecule has 2 heterocycles. The molecule has 1 aliphatic carbocycles. The van der Waals surface area contributed by atoms with Gasteiger partial charge in [0.1, 0.15) is 5.69 Å². The van der Waals surface area contributed by atoms with E-state index in [2.05, 4.69) is 22.0 Å². The molecule has 0 spiro atoms. The summed E-state index contributed by atoms with van der Waals surface area (Å²) in [6, 6.07) is 0.690. The van der Waals surface area contributed by atoms with Crippen molar-refractivity contribution < 1.29 is 4.74 Å². The highest BCUT2D eigenvalue weighted by Gasteiger charge is 2.26. The zero-order chi connectivity index (χ0) is 11.8. The smallest absolute Gasteiger partial charge is 0.262 e. The predicted molar refractivity (Wildman–Crippen MR) is 69.1 cm³/mol. The minimum atomic E-state index is 0.149. The Morgan fingerprint density at radius 2 is 2.18 bits per heavy atom. The van der Waals surface area contributed by atoms with E-state index in [0.717, 1.165) is 11.4 Å². The summed E-state index contributed by atoms with van der Waals surface area (Å²) in [6.07, 6.45) is 8.44. The SMILES string of the molecule is CC1NC(=S)Oc2cn(C3CCCCC3)nc21. The molecular formula is C12H17N3OS. The molecule has 0 saturated heterocycles. The number of nitrogens with one attached hydrogen (secondary N) is 1. The van der Waals surface area contributed by atoms with Crippen LogP contribution in [0.1, 0.15) is 56.8 Å². The first-order valence-corrected chi connectivity index (χ1v) is 6.72. The molecule has 0 amide bonds. The van der Waals surface area contributed by atoms with E-state index < -0.39 is 0 Å². The van der Waals surface area contributed by atoms with Crippen molar-refractivity contribution in [3.05, 3.63) is 11.9 Å². The third-order valence-corrected chi connectivity index (χ3v) is 3.82. The fourth-order valence-corrected chi connectivity index (χ4v) is 2.94. The largest absolute Gasteiger partial charge is 0.428 e. The van der Waals surface area contributed by atoms with Crippen LogP contribution in [0.2, 0.25) is 0 Å². The van der Waals surface area contributed by atoms with Gasteiger partial charge in [-0.25, -0.2) is 0 Å². The van der Waals surface area contributed by atoms with Gasteiger partial charge in [-0.3, -0.25) is 4.68 Å². The summed E-state index contributed by atoms with van der Waals surface area (Å²) in [6.45, 7) is 2.06. The molecule has 1 N–H and O–H groups in total. The molecular weight excluding hydrogens is 234 g/mol. The molecule has 4 nitrogen and oxygen atoms in total. The van der Waals surface area contributed by atoms with Crippen molar-refractivity contribution in [2.75, 3.05) is 0 Å². The van der Waals surface area contributed by atoms with Crippen molar-refractivity contribution in [1.29, 1.82) is 0 Å². The van der Waals surface area contributed by atoms with Gasteiger partial charge in [0, 0.05) is 0 Å². The molecule has 0 bridgehead atoms. The highest BCUT2D eigenvalue weighted by atomic mass is 32.1. The monoisotopic (exact) mass is 251 g/mol. The maximum absolute atomic E-state index is 5.51. The minimum Gasteiger partial charge on any atom is -0.428 e. The van der Waals surface area contributed by atoms with Crippen LogP contribution in [-0.4, -0.2) is 15.0 Å². The van der Waals surface area contributed by atoms with Gasteiger partial charge >= 0.3 is 0 Å². The van der Waals surface area contributed by atoms with Crippen LogP contribution in [0, 0.1) is 0 Å². The average molecular weight is 251 g/mol. The fraction of sp³-hybridized carbons (Fsp3) is 0.667. The van der Waals surface area contributed by atoms with Gasteiger partial charge in [0.25, 0.3) is 5.17 Å². The zero-order valence-electron chi connectivity index (χ0n) is 9.98. The third kappa shape index (κ3) is 2.04. The number of nitrogens with zero attached hydrogens (tertiary/aromatic N) is 2. The van der Waals surface area contributed by atoms with E-state index in [-0.39, 0.29) is 6.04 Å². The van der Waals surface area contributed by atoms with Crippen LogP contribution in [0.4, 0.5) is 0 Å². The van der Waals surface area contributed by atoms with Gasteiger partial charge in [-0.15, -0.1) is 0 Å². The molecule has 1 aromatic heterocycles. The van der Waals surface area contributed by atoms with E-state index in [9.17, 15) is 0 Å². The second-order valence-electron chi connectivity index (χ2n) is 4.91. The van der Waals surface area contributed by atoms with Crippen LogP contribution in [0.15, 0.2) is 6.20 Å². The number of ether oxygens (including phenoxy) is 1. The number of fused-ring (bicyclic) bond motifs is 1. The number of thiocarbonyl (C=S) groups is 1. The molecule has 0 radical (unpaired) electrons. The number of rotatable bonds is 1. The Morgan fingerprint density at radius 1 is 1.41 bits per heavy atom. The zero-order valence-corrected chi connectivity index (χ0v) is 10.8. The molecule has 2 aliphatic rings. The lowest BCUT2D eigenvalue weighted by atomic mass is 9.96. The number of hydrogen-bond donors (Lipinski definition) is 1. The molecule has 1 saturated carbocycles. The van der Waals surface area contributed by atoms with Crippen molar-refractivity contribution >= 4 is 17.4 Å². The molecule has 5 heteroatoms. The molecule has 3 rings (SSSR count). The van der Waals surface area contributed by atoms with Crippen molar-refractivity contribution in [1.82, 2.24) is 15.1 Å². The summed E-state index contributed by atoms with van der Waals surface area (Å²) in [5, 5.41) is 8.20. The lowest BCUT2D eigenvalue weighted by Gasteiger charge is -2.21. The Balaban J connectivity index is 1.88. The first-order chi connectivity index (χ1) is 8.24. The van der Waals surface area contributed by atoms with Gasteiger partial charge in [0.05, 0.1) is 18.3 Å². The van der Waals surface area contributed by atoms with Gasteiger partial charge in [-0.2, -0.15) is 5.10 Å². The van der Waals surface area contributed by atoms with Gasteiger partial charge in [-0.05, 0) is 32.0 Å². The van der Waals surface area contributed by atoms with Crippen molar-refractivity contribution in [2.24, 2.45) is 0 Å². The van der Waals surface area contributed by atoms with Crippen LogP contribution in [0.5, 0.6) is 5.75 Å². The van der Waals surface area contributed by atoms with Crippen LogP contribution in [-0.2, 0) is 0 Å². The van der Waals surface area contributed by atoms with Gasteiger partial charge in [0.15, 0.2) is 5.75 Å². The van der Waals surface area contributed by atoms with Crippen LogP contribution in [0.25, 0.3) is 0 Å². The highest BCUT2D eigenvalue weighted by molar-refractivity contribution is 7.80. The molecule has 1 atom stereocenters. The lowest BCUT2D eigenvalue weighted by molar-refractivity contribution is 0.327. The summed E-state index contributed by atoms with van der Waals surface area (Å²) >= 11 is 5.05. The van der Waals surface area contributed by atoms with E-state index in [1.165, 1.54) is 32.1 Å². The molecule has 1 aliphatic heterocycles. The van der Waals surface area contributed by atoms with Gasteiger partial charge < -0.3 is 10.1 Å². The highest BCUT2D eigenvalue weighted by Crippen LogP contribution is 2.33. The van der Waals surface area contributed by atoms with E-state index in [4.69, 9.17) is 17.0 Å². The van der Waals surface area contributed by atoms with E-state index in [1.807, 2.05) is 6.20 Å². The molecule has 1 unspecified atom stereocenters. The van der Waals surface area contributed by atoms with Gasteiger partial charge in [0.2, 0.25) is 0 Å². The topological polar surface area (TPSA) is 39.1 Å². The van der Waals surface area contributed by atoms with E-state index in [0.29, 0.717) is 11.2 Å². The Bertz CT molecular complexity index is 437. The first kappa shape index (κ1) is 11.0. The Kier molecular flexibility index (Phi) is 2.78. The third-order valence-electron chi connectivity index (χ3n) is 3.62. The van der Waals surface area contributed by atoms with Crippen LogP contribution < -0.4 is 10.1 Å². The molecule has 1 aromatic rings. The van der Waals surface area contributed by atoms with Crippen molar-refractivity contribution in [3.8, 4) is 5.75 Å². The number of aromatic nitrogens is 2. The summed E-state index contributed by atoms with van der Waals surface area (Å²) < 4.78 is 7.59. The standard InChI is InChI=1S/C12H17N3OS/c1-8-11-10(16-12(17)13-8)7-15(14-11)9-5-3-2-4-6-9/h7-9H,2-6H2,1H3,(H,13,17). The summed E-state index contributed by atoms with van der Waals surface area (Å²) in [5.74, 6) is 0.826. The summed E-state index contributed by atoms with van der Waals surface area (Å²) in [7, 11) is 0. The molecule has 17 heavy (non-hydrogen) atoms. The Morgan fingerprint density at radius 3 is 2.94 bits per heavy atom. The lowest BCUT2D eigenvalue weighted by Crippen LogP contribution is -2.33. The second kappa shape index (κ2) is 4.29. The first-order valence-electron chi connectivity index (χ1n) is 6.31. The van der Waals surface area contributed by atoms with E-state index >= 15 is 0 Å². The predicted octanol–water partition coefficient (Wildman–Crippen LogP) is 2.72. The second-order valence-corrected chi connectivity index (χ2v) is 5.28. The normalized spacial score (nSPS) is 25.0. The van der Waals surface area contributed by atoms with Crippen LogP contribution >= 0.6 is 12.2 Å². The summed E-state index contributed by atoms with van der Waals surface area (Å²) in [5.41, 5.74) is 0.976. The quantitative estimate of drug-likeness (QED) is 0.779. The maximum atomic E-state index is 5.51. The Labute approximate surface area is 106 Å². The van der Waals surface area contributed by atoms with Crippen molar-refractivity contribution in [3.63, 3.8) is 0 Å². The summed E-state index contributed by atoms with van der Waals surface area (Å²) in [4.78, 5) is 0. The maximum Gasteiger partial charge on any atom is 0.262 e. The fourth-order valence-electron chi connectivity index (χ4n) is 2.67. The number of hydrogen-bond acceptors (Lipinski definition) is 3. The van der Waals surface area contributed by atoms with Gasteiger partial charge in [-0.1, -0.05) is 19.3 Å². The molecule has 92 valence electrons. The molecule has 0 aromatic carbocycles. The van der Waals surface area contributed by atoms with Crippen molar-refractivity contribution in [2.45, 2.75) is 51.1 Å². The Hall–Kier alpha value is -1.10. The van der Waals surface area contributed by atoms with Crippen LogP contribution in [0.3, 0.4) is 0 Å². The van der Waals surface area contributed by atoms with E-state index in [1.54, 1.807) is 0 Å². The minimum absolute atomic E-state index is 0.149. The molecule has 1 fully saturated rings. The average Bonchev–Trinajstić information content (AvgIpc) is 2.74.